The van der Waals surface area contributed by atoms with E-state index in [9.17, 15) is 9.59 Å². The van der Waals surface area contributed by atoms with Crippen LogP contribution in [0.3, 0.4) is 0 Å². The van der Waals surface area contributed by atoms with Crippen LogP contribution in [0.5, 0.6) is 5.75 Å². The summed E-state index contributed by atoms with van der Waals surface area (Å²) in [6.07, 6.45) is 2.02. The molecule has 0 aliphatic heterocycles. The van der Waals surface area contributed by atoms with Crippen molar-refractivity contribution in [1.82, 2.24) is 0 Å². The van der Waals surface area contributed by atoms with E-state index in [0.717, 1.165) is 12.8 Å². The van der Waals surface area contributed by atoms with E-state index in [4.69, 9.17) is 4.74 Å². The summed E-state index contributed by atoms with van der Waals surface area (Å²) in [5.74, 6) is -0.0410. The molecular weight excluding hydrogens is 204 g/mol. The molecule has 0 amide bonds. The minimum absolute atomic E-state index is 0.313. The Kier molecular flexibility index (Phi) is 4.70. The van der Waals surface area contributed by atoms with Gasteiger partial charge in [-0.25, -0.2) is 0 Å². The summed E-state index contributed by atoms with van der Waals surface area (Å²) >= 11 is 0. The third kappa shape index (κ3) is 3.19. The molecule has 0 spiro atoms. The number of ketones is 2. The second-order valence-electron chi connectivity index (χ2n) is 3.58. The molecule has 16 heavy (non-hydrogen) atoms. The molecule has 0 fully saturated rings. The predicted octanol–water partition coefficient (Wildman–Crippen LogP) is 2.64. The quantitative estimate of drug-likeness (QED) is 0.546. The number of hydrogen-bond donors (Lipinski definition) is 0. The fraction of sp³-hybridized carbons (Fsp3) is 0.385. The number of benzene rings is 1. The minimum Gasteiger partial charge on any atom is -0.497 e. The van der Waals surface area contributed by atoms with Crippen LogP contribution >= 0.6 is 0 Å². The van der Waals surface area contributed by atoms with Gasteiger partial charge in [0.05, 0.1) is 7.11 Å². The van der Waals surface area contributed by atoms with Crippen molar-refractivity contribution in [2.24, 2.45) is 0 Å². The van der Waals surface area contributed by atoms with Gasteiger partial charge in [0.1, 0.15) is 5.75 Å². The van der Waals surface area contributed by atoms with Crippen LogP contribution < -0.4 is 4.74 Å². The molecule has 0 radical (unpaired) electrons. The second-order valence-corrected chi connectivity index (χ2v) is 3.58. The van der Waals surface area contributed by atoms with Crippen molar-refractivity contribution in [3.63, 3.8) is 0 Å². The van der Waals surface area contributed by atoms with E-state index in [0.29, 0.717) is 17.7 Å². The summed E-state index contributed by atoms with van der Waals surface area (Å²) < 4.78 is 4.98. The maximum absolute atomic E-state index is 11.7. The van der Waals surface area contributed by atoms with Gasteiger partial charge in [-0.05, 0) is 30.7 Å². The van der Waals surface area contributed by atoms with E-state index in [1.807, 2.05) is 6.92 Å². The topological polar surface area (TPSA) is 43.4 Å². The zero-order chi connectivity index (χ0) is 12.0. The van der Waals surface area contributed by atoms with Crippen molar-refractivity contribution in [2.45, 2.75) is 26.2 Å². The number of rotatable bonds is 6. The number of Topliss-reactive ketones (excluding diaryl/α,β-unsaturated/α-hetero) is 2. The summed E-state index contributed by atoms with van der Waals surface area (Å²) in [5.41, 5.74) is 0.432. The van der Waals surface area contributed by atoms with E-state index in [1.165, 1.54) is 0 Å². The van der Waals surface area contributed by atoms with Gasteiger partial charge in [-0.1, -0.05) is 13.3 Å². The predicted molar refractivity (Wildman–Crippen MR) is 61.9 cm³/mol. The first-order valence-corrected chi connectivity index (χ1v) is 5.40. The smallest absolute Gasteiger partial charge is 0.228 e. The minimum atomic E-state index is -0.406. The number of carbonyl (C=O) groups is 2. The van der Waals surface area contributed by atoms with Crippen LogP contribution in [0.15, 0.2) is 24.3 Å². The molecule has 0 unspecified atom stereocenters. The fourth-order valence-electron chi connectivity index (χ4n) is 1.35. The van der Waals surface area contributed by atoms with Gasteiger partial charge in [-0.3, -0.25) is 9.59 Å². The van der Waals surface area contributed by atoms with Gasteiger partial charge in [-0.2, -0.15) is 0 Å². The number of methoxy groups -OCH3 is 1. The fourth-order valence-corrected chi connectivity index (χ4v) is 1.35. The number of ether oxygens (including phenoxy) is 1. The van der Waals surface area contributed by atoms with Gasteiger partial charge in [0, 0.05) is 12.0 Å². The Labute approximate surface area is 95.4 Å². The zero-order valence-electron chi connectivity index (χ0n) is 9.66. The van der Waals surface area contributed by atoms with Crippen molar-refractivity contribution in [3.05, 3.63) is 29.8 Å². The van der Waals surface area contributed by atoms with Crippen LogP contribution in [0.2, 0.25) is 0 Å². The van der Waals surface area contributed by atoms with Crippen molar-refractivity contribution in [1.29, 1.82) is 0 Å². The molecule has 1 aromatic carbocycles. The average Bonchev–Trinajstić information content (AvgIpc) is 2.35. The third-order valence-corrected chi connectivity index (χ3v) is 2.36. The van der Waals surface area contributed by atoms with Crippen molar-refractivity contribution in [2.75, 3.05) is 7.11 Å². The molecular formula is C13H16O3. The van der Waals surface area contributed by atoms with Gasteiger partial charge >= 0.3 is 0 Å². The molecule has 0 saturated heterocycles. The van der Waals surface area contributed by atoms with Crippen molar-refractivity contribution in [3.8, 4) is 5.75 Å². The maximum atomic E-state index is 11.7. The molecule has 0 aliphatic carbocycles. The first-order valence-electron chi connectivity index (χ1n) is 5.40. The first-order chi connectivity index (χ1) is 7.69. The Bertz CT molecular complexity index is 365. The van der Waals surface area contributed by atoms with E-state index in [2.05, 4.69) is 0 Å². The largest absolute Gasteiger partial charge is 0.497 e. The van der Waals surface area contributed by atoms with Crippen LogP contribution in [0.1, 0.15) is 36.5 Å². The normalized spacial score (nSPS) is 9.88. The molecule has 86 valence electrons. The van der Waals surface area contributed by atoms with Crippen LogP contribution in [0, 0.1) is 0 Å². The molecule has 0 saturated carbocycles. The lowest BCUT2D eigenvalue weighted by Gasteiger charge is -2.02. The Hall–Kier alpha value is -1.64. The Balaban J connectivity index is 2.68. The van der Waals surface area contributed by atoms with Gasteiger partial charge in [0.15, 0.2) is 0 Å². The SMILES string of the molecule is CCCCC(=O)C(=O)c1ccc(OC)cc1. The van der Waals surface area contributed by atoms with Crippen LogP contribution in [0.25, 0.3) is 0 Å². The van der Waals surface area contributed by atoms with Crippen LogP contribution in [0.4, 0.5) is 0 Å². The lowest BCUT2D eigenvalue weighted by atomic mass is 10.0. The molecule has 1 rings (SSSR count). The highest BCUT2D eigenvalue weighted by molar-refractivity contribution is 6.43. The Morgan fingerprint density at radius 3 is 2.31 bits per heavy atom. The maximum Gasteiger partial charge on any atom is 0.228 e. The number of unbranched alkanes of at least 4 members (excludes halogenated alkanes) is 1. The van der Waals surface area contributed by atoms with Gasteiger partial charge in [-0.15, -0.1) is 0 Å². The Morgan fingerprint density at radius 1 is 1.19 bits per heavy atom. The standard InChI is InChI=1S/C13H16O3/c1-3-4-5-12(14)13(15)10-6-8-11(16-2)9-7-10/h6-9H,3-5H2,1-2H3. The van der Waals surface area contributed by atoms with Gasteiger partial charge < -0.3 is 4.74 Å². The molecule has 0 aliphatic rings. The van der Waals surface area contributed by atoms with Crippen molar-refractivity contribution >= 4 is 11.6 Å². The first kappa shape index (κ1) is 12.4. The molecule has 0 heterocycles. The van der Waals surface area contributed by atoms with Crippen LogP contribution in [-0.4, -0.2) is 18.7 Å². The summed E-state index contributed by atoms with van der Waals surface area (Å²) in [6.45, 7) is 1.99. The summed E-state index contributed by atoms with van der Waals surface area (Å²) in [6, 6.07) is 6.59. The highest BCUT2D eigenvalue weighted by atomic mass is 16.5. The molecule has 0 atom stereocenters. The van der Waals surface area contributed by atoms with E-state index in [1.54, 1.807) is 31.4 Å². The van der Waals surface area contributed by atoms with E-state index < -0.39 is 5.78 Å². The molecule has 0 N–H and O–H groups in total. The summed E-state index contributed by atoms with van der Waals surface area (Å²) in [4.78, 5) is 23.1. The summed E-state index contributed by atoms with van der Waals surface area (Å²) in [7, 11) is 1.56. The molecule has 0 bridgehead atoms. The Morgan fingerprint density at radius 2 is 1.81 bits per heavy atom. The van der Waals surface area contributed by atoms with Crippen molar-refractivity contribution < 1.29 is 14.3 Å². The number of hydrogen-bond acceptors (Lipinski definition) is 3. The molecule has 0 aromatic heterocycles. The van der Waals surface area contributed by atoms with E-state index in [-0.39, 0.29) is 5.78 Å². The van der Waals surface area contributed by atoms with Gasteiger partial charge in [0.2, 0.25) is 11.6 Å². The monoisotopic (exact) mass is 220 g/mol. The lowest BCUT2D eigenvalue weighted by Crippen LogP contribution is -2.13. The third-order valence-electron chi connectivity index (χ3n) is 2.36. The molecule has 3 heteroatoms. The zero-order valence-corrected chi connectivity index (χ0v) is 9.66. The van der Waals surface area contributed by atoms with Crippen LogP contribution in [-0.2, 0) is 4.79 Å². The highest BCUT2D eigenvalue weighted by Crippen LogP contribution is 2.12. The second kappa shape index (κ2) is 6.05. The lowest BCUT2D eigenvalue weighted by molar-refractivity contribution is -0.115. The van der Waals surface area contributed by atoms with Gasteiger partial charge in [0.25, 0.3) is 0 Å². The summed E-state index contributed by atoms with van der Waals surface area (Å²) in [5, 5.41) is 0. The molecule has 3 nitrogen and oxygen atoms in total. The molecule has 1 aromatic rings. The average molecular weight is 220 g/mol. The number of carbonyl (C=O) groups excluding carboxylic acids is 2. The highest BCUT2D eigenvalue weighted by Gasteiger charge is 2.14. The van der Waals surface area contributed by atoms with E-state index >= 15 is 0 Å².